The minimum atomic E-state index is 0.130. The molecule has 1 aromatic heterocycles. The van der Waals surface area contributed by atoms with Crippen LogP contribution in [-0.2, 0) is 24.3 Å². The number of aryl methyl sites for hydroxylation is 2. The molecule has 0 saturated carbocycles. The van der Waals surface area contributed by atoms with Crippen molar-refractivity contribution in [2.45, 2.75) is 39.3 Å². The van der Waals surface area contributed by atoms with Gasteiger partial charge in [-0.1, -0.05) is 60.2 Å². The van der Waals surface area contributed by atoms with Crippen LogP contribution in [0.2, 0.25) is 0 Å². The molecule has 0 radical (unpaired) electrons. The number of hydrogen-bond donors (Lipinski definition) is 0. The largest absolute Gasteiger partial charge is 0.338 e. The van der Waals surface area contributed by atoms with E-state index in [1.165, 1.54) is 22.4 Å². The summed E-state index contributed by atoms with van der Waals surface area (Å²) >= 11 is 0. The fourth-order valence-electron chi connectivity index (χ4n) is 4.06. The van der Waals surface area contributed by atoms with Crippen molar-refractivity contribution in [1.82, 2.24) is 14.5 Å². The summed E-state index contributed by atoms with van der Waals surface area (Å²) in [6.07, 6.45) is 6.57. The number of hydrogen-bond acceptors (Lipinski definition) is 2. The molecule has 0 bridgehead atoms. The van der Waals surface area contributed by atoms with Crippen LogP contribution in [0.5, 0.6) is 0 Å². The van der Waals surface area contributed by atoms with Crippen molar-refractivity contribution in [3.63, 3.8) is 0 Å². The van der Waals surface area contributed by atoms with E-state index in [9.17, 15) is 4.79 Å². The van der Waals surface area contributed by atoms with Crippen LogP contribution >= 0.6 is 0 Å². The summed E-state index contributed by atoms with van der Waals surface area (Å²) in [5.41, 5.74) is 4.93. The van der Waals surface area contributed by atoms with Gasteiger partial charge in [0.05, 0.1) is 6.33 Å². The number of benzene rings is 2. The van der Waals surface area contributed by atoms with E-state index < -0.39 is 0 Å². The number of amides is 1. The molecule has 0 unspecified atom stereocenters. The van der Waals surface area contributed by atoms with Gasteiger partial charge in [-0.05, 0) is 37.3 Å². The third-order valence-corrected chi connectivity index (χ3v) is 5.61. The molecule has 2 heterocycles. The lowest BCUT2D eigenvalue weighted by Gasteiger charge is -2.17. The minimum Gasteiger partial charge on any atom is -0.338 e. The molecular formula is C24H27N3O. The summed E-state index contributed by atoms with van der Waals surface area (Å²) in [6.45, 7) is 4.51. The van der Waals surface area contributed by atoms with Crippen LogP contribution < -0.4 is 0 Å². The van der Waals surface area contributed by atoms with Gasteiger partial charge in [-0.25, -0.2) is 4.98 Å². The van der Waals surface area contributed by atoms with Gasteiger partial charge in [-0.15, -0.1) is 0 Å². The molecule has 0 aliphatic carbocycles. The summed E-state index contributed by atoms with van der Waals surface area (Å²) in [5.74, 6) is 0.431. The van der Waals surface area contributed by atoms with Gasteiger partial charge >= 0.3 is 0 Å². The average molecular weight is 374 g/mol. The zero-order chi connectivity index (χ0) is 19.3. The van der Waals surface area contributed by atoms with Crippen molar-refractivity contribution in [3.05, 3.63) is 89.5 Å². The SMILES string of the molecule is Cc1cccc(CN2CC[C@H](CCc3cncn3Cc3ccccc3)C2=O)c1. The molecule has 1 atom stereocenters. The summed E-state index contributed by atoms with van der Waals surface area (Å²) in [7, 11) is 0. The van der Waals surface area contributed by atoms with Crippen LogP contribution in [0.1, 0.15) is 35.2 Å². The van der Waals surface area contributed by atoms with Crippen molar-refractivity contribution in [1.29, 1.82) is 0 Å². The Hall–Kier alpha value is -2.88. The molecule has 4 heteroatoms. The minimum absolute atomic E-state index is 0.130. The molecular weight excluding hydrogens is 346 g/mol. The van der Waals surface area contributed by atoms with E-state index in [4.69, 9.17) is 0 Å². The van der Waals surface area contributed by atoms with Crippen molar-refractivity contribution < 1.29 is 4.79 Å². The Balaban J connectivity index is 1.33. The topological polar surface area (TPSA) is 38.1 Å². The fourth-order valence-corrected chi connectivity index (χ4v) is 4.06. The Morgan fingerprint density at radius 1 is 1.04 bits per heavy atom. The molecule has 1 amide bonds. The highest BCUT2D eigenvalue weighted by Gasteiger charge is 2.31. The number of rotatable bonds is 7. The first-order chi connectivity index (χ1) is 13.7. The summed E-state index contributed by atoms with van der Waals surface area (Å²) in [6, 6.07) is 18.9. The summed E-state index contributed by atoms with van der Waals surface area (Å²) < 4.78 is 2.19. The number of nitrogens with zero attached hydrogens (tertiary/aromatic N) is 3. The molecule has 3 aromatic rings. The maximum Gasteiger partial charge on any atom is 0.226 e. The van der Waals surface area contributed by atoms with Crippen molar-refractivity contribution in [3.8, 4) is 0 Å². The second kappa shape index (κ2) is 8.42. The zero-order valence-corrected chi connectivity index (χ0v) is 16.4. The van der Waals surface area contributed by atoms with Crippen molar-refractivity contribution >= 4 is 5.91 Å². The molecule has 1 aliphatic rings. The normalized spacial score (nSPS) is 16.7. The summed E-state index contributed by atoms with van der Waals surface area (Å²) in [5, 5.41) is 0. The Kier molecular flexibility index (Phi) is 5.56. The van der Waals surface area contributed by atoms with Gasteiger partial charge in [0, 0.05) is 37.4 Å². The van der Waals surface area contributed by atoms with E-state index in [0.29, 0.717) is 5.91 Å². The number of likely N-dealkylation sites (tertiary alicyclic amines) is 1. The quantitative estimate of drug-likeness (QED) is 0.622. The van der Waals surface area contributed by atoms with Crippen LogP contribution in [-0.4, -0.2) is 26.9 Å². The molecule has 28 heavy (non-hydrogen) atoms. The van der Waals surface area contributed by atoms with Gasteiger partial charge in [0.2, 0.25) is 5.91 Å². The van der Waals surface area contributed by atoms with Crippen LogP contribution in [0.25, 0.3) is 0 Å². The van der Waals surface area contributed by atoms with E-state index in [1.807, 2.05) is 23.5 Å². The average Bonchev–Trinajstić information content (AvgIpc) is 3.28. The first-order valence-corrected chi connectivity index (χ1v) is 10.1. The van der Waals surface area contributed by atoms with Gasteiger partial charge in [0.15, 0.2) is 0 Å². The third kappa shape index (κ3) is 4.33. The number of aromatic nitrogens is 2. The van der Waals surface area contributed by atoms with Gasteiger partial charge in [-0.3, -0.25) is 4.79 Å². The standard InChI is InChI=1S/C24H27N3O/c1-19-6-5-9-21(14-19)17-26-13-12-22(24(26)28)10-11-23-15-25-18-27(23)16-20-7-3-2-4-8-20/h2-9,14-15,18,22H,10-13,16-17H2,1H3/t22-/m0/s1. The third-order valence-electron chi connectivity index (χ3n) is 5.61. The maximum absolute atomic E-state index is 12.8. The highest BCUT2D eigenvalue weighted by Crippen LogP contribution is 2.25. The Morgan fingerprint density at radius 2 is 1.86 bits per heavy atom. The molecule has 1 fully saturated rings. The highest BCUT2D eigenvalue weighted by atomic mass is 16.2. The Morgan fingerprint density at radius 3 is 2.68 bits per heavy atom. The monoisotopic (exact) mass is 373 g/mol. The van der Waals surface area contributed by atoms with Crippen LogP contribution in [0.15, 0.2) is 67.1 Å². The number of carbonyl (C=O) groups is 1. The maximum atomic E-state index is 12.8. The number of imidazole rings is 1. The number of carbonyl (C=O) groups excluding carboxylic acids is 1. The second-order valence-corrected chi connectivity index (χ2v) is 7.77. The van der Waals surface area contributed by atoms with Gasteiger partial charge in [0.25, 0.3) is 0 Å². The highest BCUT2D eigenvalue weighted by molar-refractivity contribution is 5.80. The summed E-state index contributed by atoms with van der Waals surface area (Å²) in [4.78, 5) is 19.2. The predicted octanol–water partition coefficient (Wildman–Crippen LogP) is 4.22. The van der Waals surface area contributed by atoms with Gasteiger partial charge < -0.3 is 9.47 Å². The molecule has 1 saturated heterocycles. The van der Waals surface area contributed by atoms with Gasteiger partial charge in [0.1, 0.15) is 0 Å². The van der Waals surface area contributed by atoms with E-state index >= 15 is 0 Å². The second-order valence-electron chi connectivity index (χ2n) is 7.77. The Bertz CT molecular complexity index is 932. The first-order valence-electron chi connectivity index (χ1n) is 10.1. The van der Waals surface area contributed by atoms with Gasteiger partial charge in [-0.2, -0.15) is 0 Å². The molecule has 0 spiro atoms. The van der Waals surface area contributed by atoms with Crippen molar-refractivity contribution in [2.75, 3.05) is 6.54 Å². The fraction of sp³-hybridized carbons (Fsp3) is 0.333. The molecule has 4 rings (SSSR count). The molecule has 4 nitrogen and oxygen atoms in total. The van der Waals surface area contributed by atoms with E-state index in [2.05, 4.69) is 65.0 Å². The molecule has 2 aromatic carbocycles. The molecule has 144 valence electrons. The van der Waals surface area contributed by atoms with E-state index in [1.54, 1.807) is 0 Å². The molecule has 0 N–H and O–H groups in total. The van der Waals surface area contributed by atoms with Crippen LogP contribution in [0, 0.1) is 12.8 Å². The van der Waals surface area contributed by atoms with E-state index in [-0.39, 0.29) is 5.92 Å². The molecule has 1 aliphatic heterocycles. The smallest absolute Gasteiger partial charge is 0.226 e. The lowest BCUT2D eigenvalue weighted by molar-refractivity contribution is -0.131. The van der Waals surface area contributed by atoms with Crippen molar-refractivity contribution in [2.24, 2.45) is 5.92 Å². The first kappa shape index (κ1) is 18.5. The zero-order valence-electron chi connectivity index (χ0n) is 16.4. The lowest BCUT2D eigenvalue weighted by Crippen LogP contribution is -2.27. The predicted molar refractivity (Wildman–Crippen MR) is 111 cm³/mol. The Labute approximate surface area is 166 Å². The lowest BCUT2D eigenvalue weighted by atomic mass is 10.0. The van der Waals surface area contributed by atoms with Crippen LogP contribution in [0.3, 0.4) is 0 Å². The van der Waals surface area contributed by atoms with Crippen LogP contribution in [0.4, 0.5) is 0 Å². The van der Waals surface area contributed by atoms with E-state index in [0.717, 1.165) is 38.9 Å².